The smallest absolute Gasteiger partial charge is 0.125 e. The van der Waals surface area contributed by atoms with Gasteiger partial charge in [0.1, 0.15) is 10.6 Å². The molecule has 0 saturated carbocycles. The maximum Gasteiger partial charge on any atom is 0.125 e. The van der Waals surface area contributed by atoms with Crippen LogP contribution in [0.5, 0.6) is 0 Å². The normalized spacial score (nSPS) is 21.4. The van der Waals surface area contributed by atoms with E-state index in [1.165, 1.54) is 0 Å². The highest BCUT2D eigenvalue weighted by atomic mass is 32.1. The summed E-state index contributed by atoms with van der Waals surface area (Å²) in [4.78, 5) is 5.51. The zero-order chi connectivity index (χ0) is 12.5. The van der Waals surface area contributed by atoms with Gasteiger partial charge >= 0.3 is 0 Å². The van der Waals surface area contributed by atoms with Crippen molar-refractivity contribution in [3.63, 3.8) is 0 Å². The number of aryl methyl sites for hydroxylation is 1. The van der Waals surface area contributed by atoms with E-state index in [2.05, 4.69) is 4.98 Å². The molecule has 1 unspecified atom stereocenters. The van der Waals surface area contributed by atoms with Gasteiger partial charge in [0.2, 0.25) is 0 Å². The zero-order valence-corrected chi connectivity index (χ0v) is 11.3. The quantitative estimate of drug-likeness (QED) is 0.901. The highest BCUT2D eigenvalue weighted by Gasteiger charge is 2.38. The van der Waals surface area contributed by atoms with Crippen molar-refractivity contribution in [2.45, 2.75) is 38.4 Å². The third kappa shape index (κ3) is 2.38. The first-order chi connectivity index (χ1) is 8.09. The number of aromatic nitrogens is 1. The summed E-state index contributed by atoms with van der Waals surface area (Å²) in [5.41, 5.74) is 0.587. The molecule has 2 heterocycles. The minimum Gasteiger partial charge on any atom is -0.388 e. The minimum atomic E-state index is -0.463. The lowest BCUT2D eigenvalue weighted by Crippen LogP contribution is -2.35. The summed E-state index contributed by atoms with van der Waals surface area (Å²) < 4.78 is 11.1. The van der Waals surface area contributed by atoms with Crippen molar-refractivity contribution in [3.8, 4) is 0 Å². The number of aliphatic hydroxyl groups is 1. The van der Waals surface area contributed by atoms with E-state index in [0.717, 1.165) is 28.4 Å². The third-order valence-electron chi connectivity index (χ3n) is 3.29. The Morgan fingerprint density at radius 2 is 2.12 bits per heavy atom. The van der Waals surface area contributed by atoms with Crippen molar-refractivity contribution >= 4 is 11.3 Å². The molecule has 0 amide bonds. The SMILES string of the molecule is COC1(c2nc(C)c(C(C)O)s2)CCOCC1. The summed E-state index contributed by atoms with van der Waals surface area (Å²) >= 11 is 1.56. The van der Waals surface area contributed by atoms with E-state index in [0.29, 0.717) is 13.2 Å². The molecule has 0 spiro atoms. The Hall–Kier alpha value is -0.490. The second-order valence-corrected chi connectivity index (χ2v) is 5.49. The summed E-state index contributed by atoms with van der Waals surface area (Å²) in [6.07, 6.45) is 1.20. The van der Waals surface area contributed by atoms with E-state index >= 15 is 0 Å². The molecule has 17 heavy (non-hydrogen) atoms. The molecule has 1 aliphatic heterocycles. The van der Waals surface area contributed by atoms with Gasteiger partial charge in [0.15, 0.2) is 0 Å². The molecular weight excluding hydrogens is 238 g/mol. The summed E-state index contributed by atoms with van der Waals surface area (Å²) in [5.74, 6) is 0. The molecule has 0 aliphatic carbocycles. The summed E-state index contributed by atoms with van der Waals surface area (Å²) in [6.45, 7) is 5.12. The lowest BCUT2D eigenvalue weighted by molar-refractivity contribution is -0.0948. The molecule has 1 atom stereocenters. The molecule has 96 valence electrons. The number of ether oxygens (including phenoxy) is 2. The average molecular weight is 257 g/mol. The average Bonchev–Trinajstić information content (AvgIpc) is 2.73. The molecule has 1 aliphatic rings. The Balaban J connectivity index is 2.33. The van der Waals surface area contributed by atoms with Crippen LogP contribution in [0.4, 0.5) is 0 Å². The van der Waals surface area contributed by atoms with Crippen LogP contribution in [0.25, 0.3) is 0 Å². The zero-order valence-electron chi connectivity index (χ0n) is 10.5. The van der Waals surface area contributed by atoms with Gasteiger partial charge in [-0.15, -0.1) is 11.3 Å². The first kappa shape index (κ1) is 13.0. The number of methoxy groups -OCH3 is 1. The predicted octanol–water partition coefficient (Wildman–Crippen LogP) is 2.16. The Morgan fingerprint density at radius 1 is 1.47 bits per heavy atom. The molecule has 1 fully saturated rings. The molecule has 1 aromatic heterocycles. The van der Waals surface area contributed by atoms with E-state index in [1.54, 1.807) is 25.4 Å². The summed E-state index contributed by atoms with van der Waals surface area (Å²) in [6, 6.07) is 0. The Bertz CT molecular complexity index is 383. The van der Waals surface area contributed by atoms with Gasteiger partial charge in [-0.1, -0.05) is 0 Å². The van der Waals surface area contributed by atoms with Gasteiger partial charge in [0, 0.05) is 33.2 Å². The van der Waals surface area contributed by atoms with Crippen LogP contribution in [-0.4, -0.2) is 30.4 Å². The fourth-order valence-electron chi connectivity index (χ4n) is 2.20. The van der Waals surface area contributed by atoms with Crippen LogP contribution < -0.4 is 0 Å². The van der Waals surface area contributed by atoms with Crippen LogP contribution in [0.1, 0.15) is 41.4 Å². The number of rotatable bonds is 3. The van der Waals surface area contributed by atoms with Crippen LogP contribution in [0.2, 0.25) is 0 Å². The highest BCUT2D eigenvalue weighted by Crippen LogP contribution is 2.39. The largest absolute Gasteiger partial charge is 0.388 e. The molecule has 5 heteroatoms. The summed E-state index contributed by atoms with van der Waals surface area (Å²) in [5, 5.41) is 10.6. The maximum absolute atomic E-state index is 9.68. The van der Waals surface area contributed by atoms with Crippen molar-refractivity contribution in [1.29, 1.82) is 0 Å². The molecule has 1 N–H and O–H groups in total. The molecule has 0 bridgehead atoms. The van der Waals surface area contributed by atoms with Gasteiger partial charge in [-0.2, -0.15) is 0 Å². The molecular formula is C12H19NO3S. The number of hydrogen-bond acceptors (Lipinski definition) is 5. The monoisotopic (exact) mass is 257 g/mol. The van der Waals surface area contributed by atoms with E-state index in [1.807, 2.05) is 6.92 Å². The Morgan fingerprint density at radius 3 is 2.59 bits per heavy atom. The Labute approximate surface area is 106 Å². The molecule has 0 aromatic carbocycles. The second kappa shape index (κ2) is 5.02. The fourth-order valence-corrected chi connectivity index (χ4v) is 3.43. The predicted molar refractivity (Wildman–Crippen MR) is 66.2 cm³/mol. The van der Waals surface area contributed by atoms with Gasteiger partial charge < -0.3 is 14.6 Å². The maximum atomic E-state index is 9.68. The van der Waals surface area contributed by atoms with E-state index in [4.69, 9.17) is 9.47 Å². The number of nitrogens with zero attached hydrogens (tertiary/aromatic N) is 1. The van der Waals surface area contributed by atoms with Crippen molar-refractivity contribution in [2.75, 3.05) is 20.3 Å². The van der Waals surface area contributed by atoms with Gasteiger partial charge in [-0.05, 0) is 13.8 Å². The fraction of sp³-hybridized carbons (Fsp3) is 0.750. The third-order valence-corrected chi connectivity index (χ3v) is 4.81. The topological polar surface area (TPSA) is 51.6 Å². The lowest BCUT2D eigenvalue weighted by Gasteiger charge is -2.33. The van der Waals surface area contributed by atoms with Crippen LogP contribution >= 0.6 is 11.3 Å². The number of aliphatic hydroxyl groups excluding tert-OH is 1. The number of thiazole rings is 1. The summed E-state index contributed by atoms with van der Waals surface area (Å²) in [7, 11) is 1.73. The highest BCUT2D eigenvalue weighted by molar-refractivity contribution is 7.12. The molecule has 4 nitrogen and oxygen atoms in total. The first-order valence-electron chi connectivity index (χ1n) is 5.88. The van der Waals surface area contributed by atoms with E-state index < -0.39 is 6.10 Å². The van der Waals surface area contributed by atoms with Crippen LogP contribution in [0, 0.1) is 6.92 Å². The number of hydrogen-bond donors (Lipinski definition) is 1. The minimum absolute atomic E-state index is 0.319. The Kier molecular flexibility index (Phi) is 3.82. The molecule has 1 aromatic rings. The van der Waals surface area contributed by atoms with Crippen LogP contribution in [0.15, 0.2) is 0 Å². The van der Waals surface area contributed by atoms with Gasteiger partial charge in [-0.25, -0.2) is 4.98 Å². The van der Waals surface area contributed by atoms with Gasteiger partial charge in [0.05, 0.1) is 16.7 Å². The molecule has 1 saturated heterocycles. The second-order valence-electron chi connectivity index (χ2n) is 4.46. The molecule has 0 radical (unpaired) electrons. The standard InChI is InChI=1S/C12H19NO3S/c1-8-10(9(2)14)17-11(13-8)12(15-3)4-6-16-7-5-12/h9,14H,4-7H2,1-3H3. The van der Waals surface area contributed by atoms with Crippen LogP contribution in [-0.2, 0) is 15.1 Å². The van der Waals surface area contributed by atoms with Crippen molar-refractivity contribution in [2.24, 2.45) is 0 Å². The first-order valence-corrected chi connectivity index (χ1v) is 6.69. The molecule has 2 rings (SSSR count). The van der Waals surface area contributed by atoms with E-state index in [9.17, 15) is 5.11 Å². The van der Waals surface area contributed by atoms with Crippen molar-refractivity contribution in [1.82, 2.24) is 4.98 Å². The van der Waals surface area contributed by atoms with Gasteiger partial charge in [0.25, 0.3) is 0 Å². The van der Waals surface area contributed by atoms with Crippen molar-refractivity contribution < 1.29 is 14.6 Å². The van der Waals surface area contributed by atoms with E-state index in [-0.39, 0.29) is 5.60 Å². The lowest BCUT2D eigenvalue weighted by atomic mass is 9.95. The van der Waals surface area contributed by atoms with Gasteiger partial charge in [-0.3, -0.25) is 0 Å². The van der Waals surface area contributed by atoms with Crippen LogP contribution in [0.3, 0.4) is 0 Å². The van der Waals surface area contributed by atoms with Crippen molar-refractivity contribution in [3.05, 3.63) is 15.6 Å².